The smallest absolute Gasteiger partial charge is 0.265 e. The second kappa shape index (κ2) is 6.85. The van der Waals surface area contributed by atoms with Crippen LogP contribution < -0.4 is 5.56 Å². The van der Waals surface area contributed by atoms with Gasteiger partial charge >= 0.3 is 0 Å². The van der Waals surface area contributed by atoms with Gasteiger partial charge in [0, 0.05) is 6.61 Å². The monoisotopic (exact) mass is 344 g/mol. The Morgan fingerprint density at radius 1 is 1.35 bits per heavy atom. The molecule has 1 aromatic rings. The van der Waals surface area contributed by atoms with E-state index in [4.69, 9.17) is 4.74 Å². The van der Waals surface area contributed by atoms with E-state index in [0.717, 1.165) is 12.1 Å². The zero-order chi connectivity index (χ0) is 15.5. The molecule has 0 bridgehead atoms. The summed E-state index contributed by atoms with van der Waals surface area (Å²) in [4.78, 5) is 19.6. The van der Waals surface area contributed by atoms with Gasteiger partial charge in [0.2, 0.25) is 0 Å². The van der Waals surface area contributed by atoms with Gasteiger partial charge < -0.3 is 9.72 Å². The Morgan fingerprint density at radius 2 is 1.95 bits per heavy atom. The number of rotatable bonds is 5. The summed E-state index contributed by atoms with van der Waals surface area (Å²) in [5.74, 6) is 1.05. The van der Waals surface area contributed by atoms with Crippen LogP contribution in [0, 0.1) is 11.3 Å². The van der Waals surface area contributed by atoms with Gasteiger partial charge in [0.25, 0.3) is 5.56 Å². The van der Waals surface area contributed by atoms with Crippen molar-refractivity contribution in [2.24, 2.45) is 11.3 Å². The topological polar surface area (TPSA) is 55.0 Å². The van der Waals surface area contributed by atoms with Crippen molar-refractivity contribution in [1.29, 1.82) is 0 Å². The molecule has 0 aliphatic carbocycles. The maximum Gasteiger partial charge on any atom is 0.265 e. The van der Waals surface area contributed by atoms with E-state index in [-0.39, 0.29) is 17.1 Å². The predicted molar refractivity (Wildman–Crippen MR) is 84.9 cm³/mol. The highest BCUT2D eigenvalue weighted by Crippen LogP contribution is 2.34. The fourth-order valence-electron chi connectivity index (χ4n) is 2.08. The Morgan fingerprint density at radius 3 is 2.40 bits per heavy atom. The van der Waals surface area contributed by atoms with Crippen LogP contribution in [0.25, 0.3) is 0 Å². The van der Waals surface area contributed by atoms with E-state index < -0.39 is 0 Å². The molecule has 5 heteroatoms. The summed E-state index contributed by atoms with van der Waals surface area (Å²) in [6, 6.07) is 0. The minimum absolute atomic E-state index is 0.130. The Kier molecular flexibility index (Phi) is 5.95. The number of H-pyrrole nitrogens is 1. The van der Waals surface area contributed by atoms with Crippen molar-refractivity contribution in [3.05, 3.63) is 26.3 Å². The van der Waals surface area contributed by atoms with Crippen LogP contribution in [-0.4, -0.2) is 16.6 Å². The lowest BCUT2D eigenvalue weighted by molar-refractivity contribution is -0.0194. The van der Waals surface area contributed by atoms with Crippen molar-refractivity contribution in [3.8, 4) is 0 Å². The third-order valence-corrected chi connectivity index (χ3v) is 3.74. The number of ether oxygens (including phenoxy) is 1. The van der Waals surface area contributed by atoms with Crippen LogP contribution in [0.2, 0.25) is 0 Å². The lowest BCUT2D eigenvalue weighted by Crippen LogP contribution is -2.27. The fraction of sp³-hybridized carbons (Fsp3) is 0.733. The van der Waals surface area contributed by atoms with Crippen LogP contribution in [0.4, 0.5) is 0 Å². The van der Waals surface area contributed by atoms with Gasteiger partial charge in [0.15, 0.2) is 0 Å². The van der Waals surface area contributed by atoms with Crippen molar-refractivity contribution < 1.29 is 4.74 Å². The Hall–Kier alpha value is -0.680. The SMILES string of the molecule is CCOC(c1nc(CC(C)C)c(Br)c(=O)[nH]1)C(C)(C)C. The van der Waals surface area contributed by atoms with Gasteiger partial charge in [-0.15, -0.1) is 0 Å². The summed E-state index contributed by atoms with van der Waals surface area (Å²) in [6.45, 7) is 13.0. The number of hydrogen-bond donors (Lipinski definition) is 1. The average Bonchev–Trinajstić information content (AvgIpc) is 2.29. The highest BCUT2D eigenvalue weighted by Gasteiger charge is 2.30. The lowest BCUT2D eigenvalue weighted by Gasteiger charge is -2.29. The molecule has 0 saturated heterocycles. The molecule has 20 heavy (non-hydrogen) atoms. The van der Waals surface area contributed by atoms with Gasteiger partial charge in [-0.25, -0.2) is 4.98 Å². The predicted octanol–water partition coefficient (Wildman–Crippen LogP) is 3.85. The van der Waals surface area contributed by atoms with Crippen LogP contribution in [0.3, 0.4) is 0 Å². The largest absolute Gasteiger partial charge is 0.370 e. The summed E-state index contributed by atoms with van der Waals surface area (Å²) in [5, 5.41) is 0. The Bertz CT molecular complexity index is 504. The molecule has 0 amide bonds. The first kappa shape index (κ1) is 17.4. The maximum absolute atomic E-state index is 12.1. The molecule has 0 aliphatic rings. The molecule has 1 N–H and O–H groups in total. The number of nitrogens with zero attached hydrogens (tertiary/aromatic N) is 1. The van der Waals surface area contributed by atoms with E-state index in [1.54, 1.807) is 0 Å². The molecular formula is C15H25BrN2O2. The zero-order valence-electron chi connectivity index (χ0n) is 13.2. The summed E-state index contributed by atoms with van der Waals surface area (Å²) in [7, 11) is 0. The quantitative estimate of drug-likeness (QED) is 0.882. The first-order valence-corrected chi connectivity index (χ1v) is 7.86. The van der Waals surface area contributed by atoms with Gasteiger partial charge in [0.1, 0.15) is 16.4 Å². The minimum Gasteiger partial charge on any atom is -0.370 e. The highest BCUT2D eigenvalue weighted by molar-refractivity contribution is 9.10. The normalized spacial score (nSPS) is 13.8. The number of aromatic amines is 1. The summed E-state index contributed by atoms with van der Waals surface area (Å²) >= 11 is 3.33. The molecule has 0 saturated carbocycles. The van der Waals surface area contributed by atoms with Gasteiger partial charge in [-0.1, -0.05) is 34.6 Å². The average molecular weight is 345 g/mol. The fourth-order valence-corrected chi connectivity index (χ4v) is 2.43. The summed E-state index contributed by atoms with van der Waals surface area (Å²) in [6.07, 6.45) is 0.541. The third kappa shape index (κ3) is 4.42. The Labute approximate surface area is 129 Å². The molecular weight excluding hydrogens is 320 g/mol. The molecule has 114 valence electrons. The first-order valence-electron chi connectivity index (χ1n) is 7.07. The minimum atomic E-state index is -0.223. The molecule has 1 aromatic heterocycles. The molecule has 0 aromatic carbocycles. The highest BCUT2D eigenvalue weighted by atomic mass is 79.9. The number of aromatic nitrogens is 2. The van der Waals surface area contributed by atoms with Crippen molar-refractivity contribution >= 4 is 15.9 Å². The first-order chi connectivity index (χ1) is 9.16. The van der Waals surface area contributed by atoms with Crippen molar-refractivity contribution in [2.75, 3.05) is 6.61 Å². The van der Waals surface area contributed by atoms with E-state index in [9.17, 15) is 4.79 Å². The molecule has 0 radical (unpaired) electrons. The van der Waals surface area contributed by atoms with Crippen LogP contribution in [-0.2, 0) is 11.2 Å². The third-order valence-electron chi connectivity index (χ3n) is 2.92. The molecule has 0 fully saturated rings. The van der Waals surface area contributed by atoms with Crippen molar-refractivity contribution in [1.82, 2.24) is 9.97 Å². The summed E-state index contributed by atoms with van der Waals surface area (Å²) < 4.78 is 6.33. The van der Waals surface area contributed by atoms with Crippen molar-refractivity contribution in [2.45, 2.75) is 54.1 Å². The molecule has 1 unspecified atom stereocenters. The second-order valence-corrected chi connectivity index (χ2v) is 7.30. The van der Waals surface area contributed by atoms with Gasteiger partial charge in [-0.05, 0) is 40.6 Å². The molecule has 0 spiro atoms. The standard InChI is InChI=1S/C15H25BrN2O2/c1-7-20-12(15(4,5)6)13-17-10(8-9(2)3)11(16)14(19)18-13/h9,12H,7-8H2,1-6H3,(H,17,18,19). The van der Waals surface area contributed by atoms with Gasteiger partial charge in [0.05, 0.1) is 5.69 Å². The van der Waals surface area contributed by atoms with Gasteiger partial charge in [-0.3, -0.25) is 4.79 Å². The van der Waals surface area contributed by atoms with E-state index in [2.05, 4.69) is 60.5 Å². The Balaban J connectivity index is 3.29. The summed E-state index contributed by atoms with van der Waals surface area (Å²) in [5.41, 5.74) is 0.529. The van der Waals surface area contributed by atoms with Crippen LogP contribution in [0.5, 0.6) is 0 Å². The molecule has 4 nitrogen and oxygen atoms in total. The molecule has 0 aliphatic heterocycles. The number of nitrogens with one attached hydrogen (secondary N) is 1. The molecule has 1 atom stereocenters. The number of hydrogen-bond acceptors (Lipinski definition) is 3. The van der Waals surface area contributed by atoms with E-state index in [1.807, 2.05) is 6.92 Å². The van der Waals surface area contributed by atoms with Gasteiger partial charge in [-0.2, -0.15) is 0 Å². The van der Waals surface area contributed by atoms with Crippen LogP contribution >= 0.6 is 15.9 Å². The van der Waals surface area contributed by atoms with E-state index >= 15 is 0 Å². The maximum atomic E-state index is 12.1. The van der Waals surface area contributed by atoms with Crippen LogP contribution in [0.15, 0.2) is 9.27 Å². The lowest BCUT2D eigenvalue weighted by atomic mass is 9.88. The zero-order valence-corrected chi connectivity index (χ0v) is 14.8. The molecule has 1 rings (SSSR count). The van der Waals surface area contributed by atoms with Crippen molar-refractivity contribution in [3.63, 3.8) is 0 Å². The van der Waals surface area contributed by atoms with E-state index in [0.29, 0.717) is 22.8 Å². The second-order valence-electron chi connectivity index (χ2n) is 6.51. The molecule has 1 heterocycles. The van der Waals surface area contributed by atoms with Crippen LogP contribution in [0.1, 0.15) is 59.2 Å². The number of halogens is 1. The van der Waals surface area contributed by atoms with E-state index in [1.165, 1.54) is 0 Å².